The molecule has 5 nitrogen and oxygen atoms in total. The second-order valence-corrected chi connectivity index (χ2v) is 5.95. The largest absolute Gasteiger partial charge is 0.469 e. The van der Waals surface area contributed by atoms with Gasteiger partial charge >= 0.3 is 5.97 Å². The molecule has 2 heterocycles. The Kier molecular flexibility index (Phi) is 4.28. The second kappa shape index (κ2) is 6.36. The van der Waals surface area contributed by atoms with Crippen molar-refractivity contribution in [2.75, 3.05) is 20.2 Å². The average molecular weight is 312 g/mol. The van der Waals surface area contributed by atoms with Crippen LogP contribution < -0.4 is 0 Å². The summed E-state index contributed by atoms with van der Waals surface area (Å²) >= 11 is 0. The van der Waals surface area contributed by atoms with E-state index in [0.29, 0.717) is 18.8 Å². The smallest absolute Gasteiger partial charge is 0.310 e. The maximum Gasteiger partial charge on any atom is 0.310 e. The summed E-state index contributed by atoms with van der Waals surface area (Å²) in [6, 6.07) is 7.84. The number of piperidine rings is 1. The lowest BCUT2D eigenvalue weighted by Crippen LogP contribution is -2.43. The zero-order valence-corrected chi connectivity index (χ0v) is 13.4. The van der Waals surface area contributed by atoms with E-state index in [1.54, 1.807) is 11.1 Å². The first-order chi connectivity index (χ1) is 11.1. The number of aromatic nitrogens is 1. The molecule has 0 N–H and O–H groups in total. The van der Waals surface area contributed by atoms with Gasteiger partial charge in [0.15, 0.2) is 0 Å². The summed E-state index contributed by atoms with van der Waals surface area (Å²) < 4.78 is 4.82. The molecule has 0 bridgehead atoms. The number of fused-ring (bicyclic) bond motifs is 1. The van der Waals surface area contributed by atoms with Crippen LogP contribution in [0.3, 0.4) is 0 Å². The van der Waals surface area contributed by atoms with Gasteiger partial charge in [-0.25, -0.2) is 0 Å². The van der Waals surface area contributed by atoms with Crippen molar-refractivity contribution in [3.05, 3.63) is 41.7 Å². The summed E-state index contributed by atoms with van der Waals surface area (Å²) in [7, 11) is 1.39. The Balaban J connectivity index is 1.93. The number of pyridine rings is 1. The van der Waals surface area contributed by atoms with Crippen molar-refractivity contribution in [3.63, 3.8) is 0 Å². The summed E-state index contributed by atoms with van der Waals surface area (Å²) in [5, 5.41) is 1.89. The molecule has 1 aromatic carbocycles. The van der Waals surface area contributed by atoms with Crippen molar-refractivity contribution >= 4 is 22.6 Å². The minimum Gasteiger partial charge on any atom is -0.469 e. The number of methoxy groups -OCH3 is 1. The highest BCUT2D eigenvalue weighted by Crippen LogP contribution is 2.24. The average Bonchev–Trinajstić information content (AvgIpc) is 2.60. The first-order valence-electron chi connectivity index (χ1n) is 7.83. The van der Waals surface area contributed by atoms with Crippen LogP contribution in [-0.4, -0.2) is 42.0 Å². The van der Waals surface area contributed by atoms with Gasteiger partial charge in [0.1, 0.15) is 5.69 Å². The van der Waals surface area contributed by atoms with Crippen LogP contribution in [0, 0.1) is 12.8 Å². The van der Waals surface area contributed by atoms with Crippen LogP contribution in [0.5, 0.6) is 0 Å². The molecule has 0 saturated carbocycles. The van der Waals surface area contributed by atoms with Crippen LogP contribution in [0.15, 0.2) is 30.5 Å². The molecule has 5 heteroatoms. The van der Waals surface area contributed by atoms with Crippen LogP contribution in [0.2, 0.25) is 0 Å². The molecule has 1 saturated heterocycles. The molecule has 1 fully saturated rings. The van der Waals surface area contributed by atoms with E-state index in [2.05, 4.69) is 4.98 Å². The Morgan fingerprint density at radius 1 is 1.30 bits per heavy atom. The van der Waals surface area contributed by atoms with Gasteiger partial charge in [0, 0.05) is 24.7 Å². The lowest BCUT2D eigenvalue weighted by molar-refractivity contribution is -0.146. The maximum atomic E-state index is 12.9. The third-order valence-corrected chi connectivity index (χ3v) is 4.45. The van der Waals surface area contributed by atoms with Gasteiger partial charge in [-0.3, -0.25) is 14.6 Å². The molecule has 2 aromatic rings. The highest BCUT2D eigenvalue weighted by atomic mass is 16.5. The number of benzene rings is 1. The molecule has 1 aliphatic rings. The Labute approximate surface area is 135 Å². The number of esters is 1. The van der Waals surface area contributed by atoms with Crippen molar-refractivity contribution < 1.29 is 14.3 Å². The molecule has 120 valence electrons. The van der Waals surface area contributed by atoms with E-state index in [0.717, 1.165) is 29.2 Å². The van der Waals surface area contributed by atoms with Gasteiger partial charge in [0.2, 0.25) is 0 Å². The number of nitrogens with zero attached hydrogens (tertiary/aromatic N) is 2. The van der Waals surface area contributed by atoms with E-state index >= 15 is 0 Å². The van der Waals surface area contributed by atoms with E-state index < -0.39 is 0 Å². The third kappa shape index (κ3) is 2.91. The fourth-order valence-electron chi connectivity index (χ4n) is 3.24. The van der Waals surface area contributed by atoms with Crippen LogP contribution in [-0.2, 0) is 9.53 Å². The number of hydrogen-bond acceptors (Lipinski definition) is 4. The van der Waals surface area contributed by atoms with Gasteiger partial charge < -0.3 is 9.64 Å². The number of carbonyl (C=O) groups is 2. The number of hydrogen-bond donors (Lipinski definition) is 0. The monoisotopic (exact) mass is 312 g/mol. The number of carbonyl (C=O) groups excluding carboxylic acids is 2. The summed E-state index contributed by atoms with van der Waals surface area (Å²) in [5.41, 5.74) is 1.49. The third-order valence-electron chi connectivity index (χ3n) is 4.45. The molecular formula is C18H20N2O3. The van der Waals surface area contributed by atoms with Crippen molar-refractivity contribution in [1.29, 1.82) is 0 Å². The Hall–Kier alpha value is -2.43. The first kappa shape index (κ1) is 15.5. The highest BCUT2D eigenvalue weighted by Gasteiger charge is 2.30. The summed E-state index contributed by atoms with van der Waals surface area (Å²) in [5.74, 6) is -0.600. The molecule has 1 aromatic heterocycles. The van der Waals surface area contributed by atoms with Crippen LogP contribution in [0.4, 0.5) is 0 Å². The van der Waals surface area contributed by atoms with E-state index in [1.165, 1.54) is 7.11 Å². The van der Waals surface area contributed by atoms with E-state index in [4.69, 9.17) is 4.74 Å². The van der Waals surface area contributed by atoms with Crippen LogP contribution in [0.1, 0.15) is 28.9 Å². The maximum absolute atomic E-state index is 12.9. The lowest BCUT2D eigenvalue weighted by atomic mass is 9.97. The van der Waals surface area contributed by atoms with Crippen molar-refractivity contribution in [1.82, 2.24) is 9.88 Å². The molecule has 23 heavy (non-hydrogen) atoms. The van der Waals surface area contributed by atoms with Crippen LogP contribution in [0.25, 0.3) is 10.8 Å². The standard InChI is InChI=1S/C18H20N2O3/c1-12-5-3-6-13-8-9-19-16(15(12)13)17(21)20-10-4-7-14(11-20)18(22)23-2/h3,5-6,8-9,14H,4,7,10-11H2,1-2H3. The van der Waals surface area contributed by atoms with E-state index in [1.807, 2.05) is 31.2 Å². The normalized spacial score (nSPS) is 18.0. The molecule has 1 atom stereocenters. The summed E-state index contributed by atoms with van der Waals surface area (Å²) in [6.45, 7) is 3.03. The topological polar surface area (TPSA) is 59.5 Å². The van der Waals surface area contributed by atoms with Crippen molar-refractivity contribution in [2.24, 2.45) is 5.92 Å². The fourth-order valence-corrected chi connectivity index (χ4v) is 3.24. The SMILES string of the molecule is COC(=O)C1CCCN(C(=O)c2nccc3cccc(C)c23)C1. The van der Waals surface area contributed by atoms with Crippen molar-refractivity contribution in [3.8, 4) is 0 Å². The number of likely N-dealkylation sites (tertiary alicyclic amines) is 1. The Morgan fingerprint density at radius 2 is 2.13 bits per heavy atom. The fraction of sp³-hybridized carbons (Fsp3) is 0.389. The number of amides is 1. The molecule has 3 rings (SSSR count). The minimum absolute atomic E-state index is 0.112. The zero-order chi connectivity index (χ0) is 16.4. The van der Waals surface area contributed by atoms with E-state index in [9.17, 15) is 9.59 Å². The number of rotatable bonds is 2. The second-order valence-electron chi connectivity index (χ2n) is 5.95. The molecule has 1 aliphatic heterocycles. The summed E-state index contributed by atoms with van der Waals surface area (Å²) in [4.78, 5) is 30.7. The molecule has 0 spiro atoms. The number of ether oxygens (including phenoxy) is 1. The van der Waals surface area contributed by atoms with Gasteiger partial charge in [-0.05, 0) is 36.8 Å². The highest BCUT2D eigenvalue weighted by molar-refractivity contribution is 6.06. The molecule has 0 radical (unpaired) electrons. The lowest BCUT2D eigenvalue weighted by Gasteiger charge is -2.31. The van der Waals surface area contributed by atoms with Gasteiger partial charge in [-0.2, -0.15) is 0 Å². The van der Waals surface area contributed by atoms with Gasteiger partial charge in [0.05, 0.1) is 13.0 Å². The van der Waals surface area contributed by atoms with Gasteiger partial charge in [-0.15, -0.1) is 0 Å². The van der Waals surface area contributed by atoms with E-state index in [-0.39, 0.29) is 17.8 Å². The Bertz CT molecular complexity index is 752. The molecule has 1 unspecified atom stereocenters. The van der Waals surface area contributed by atoms with Gasteiger partial charge in [-0.1, -0.05) is 18.2 Å². The van der Waals surface area contributed by atoms with Gasteiger partial charge in [0.25, 0.3) is 5.91 Å². The quantitative estimate of drug-likeness (QED) is 0.800. The minimum atomic E-state index is -0.246. The Morgan fingerprint density at radius 3 is 2.91 bits per heavy atom. The molecular weight excluding hydrogens is 292 g/mol. The molecule has 0 aliphatic carbocycles. The predicted molar refractivity (Wildman–Crippen MR) is 87.1 cm³/mol. The van der Waals surface area contributed by atoms with Crippen LogP contribution >= 0.6 is 0 Å². The zero-order valence-electron chi connectivity index (χ0n) is 13.4. The first-order valence-corrected chi connectivity index (χ1v) is 7.83. The number of aryl methyl sites for hydroxylation is 1. The molecule has 1 amide bonds. The summed E-state index contributed by atoms with van der Waals surface area (Å²) in [6.07, 6.45) is 3.23. The predicted octanol–water partition coefficient (Wildman–Crippen LogP) is 2.57. The van der Waals surface area contributed by atoms with Crippen molar-refractivity contribution in [2.45, 2.75) is 19.8 Å².